The Bertz CT molecular complexity index is 866. The number of hydrogen-bond donors (Lipinski definition) is 1. The van der Waals surface area contributed by atoms with E-state index < -0.39 is 0 Å². The van der Waals surface area contributed by atoms with Crippen molar-refractivity contribution in [1.29, 1.82) is 0 Å². The Balaban J connectivity index is 1.86. The topological polar surface area (TPSA) is 51.2 Å². The molecular weight excluding hydrogens is 388 g/mol. The highest BCUT2D eigenvalue weighted by atomic mass is 79.9. The summed E-state index contributed by atoms with van der Waals surface area (Å²) >= 11 is 10.8. The van der Waals surface area contributed by atoms with Gasteiger partial charge in [0, 0.05) is 5.56 Å². The molecule has 0 atom stereocenters. The van der Waals surface area contributed by atoms with Gasteiger partial charge >= 0.3 is 0 Å². The Labute approximate surface area is 144 Å². The molecule has 7 heteroatoms. The number of anilines is 1. The lowest BCUT2D eigenvalue weighted by atomic mass is 10.2. The molecule has 1 heterocycles. The molecule has 0 aliphatic rings. The lowest BCUT2D eigenvalue weighted by Crippen LogP contribution is -2.11. The average molecular weight is 398 g/mol. The number of aromatic nitrogens is 1. The SMILES string of the molecule is COc1ccc(C(=O)Nc2nc3c(Cl)cccc3s2)cc1Br. The van der Waals surface area contributed by atoms with Crippen LogP contribution < -0.4 is 10.1 Å². The summed E-state index contributed by atoms with van der Waals surface area (Å²) < 4.78 is 6.79. The Morgan fingerprint density at radius 3 is 2.86 bits per heavy atom. The van der Waals surface area contributed by atoms with Crippen molar-refractivity contribution in [2.45, 2.75) is 0 Å². The van der Waals surface area contributed by atoms with E-state index in [-0.39, 0.29) is 5.91 Å². The number of methoxy groups -OCH3 is 1. The molecule has 1 N–H and O–H groups in total. The first-order valence-corrected chi connectivity index (χ1v) is 8.27. The number of hydrogen-bond acceptors (Lipinski definition) is 4. The molecule has 22 heavy (non-hydrogen) atoms. The molecular formula is C15H10BrClN2O2S. The van der Waals surface area contributed by atoms with Gasteiger partial charge in [0.25, 0.3) is 5.91 Å². The van der Waals surface area contributed by atoms with E-state index in [0.29, 0.717) is 27.0 Å². The van der Waals surface area contributed by atoms with Gasteiger partial charge < -0.3 is 4.74 Å². The maximum atomic E-state index is 12.3. The number of rotatable bonds is 3. The van der Waals surface area contributed by atoms with E-state index in [0.717, 1.165) is 9.17 Å². The number of nitrogens with one attached hydrogen (secondary N) is 1. The minimum Gasteiger partial charge on any atom is -0.496 e. The van der Waals surface area contributed by atoms with Crippen molar-refractivity contribution in [3.63, 3.8) is 0 Å². The van der Waals surface area contributed by atoms with Crippen molar-refractivity contribution >= 4 is 60.1 Å². The van der Waals surface area contributed by atoms with E-state index in [2.05, 4.69) is 26.2 Å². The second-order valence-electron chi connectivity index (χ2n) is 4.41. The van der Waals surface area contributed by atoms with Crippen molar-refractivity contribution in [2.24, 2.45) is 0 Å². The number of amides is 1. The van der Waals surface area contributed by atoms with Crippen LogP contribution in [-0.2, 0) is 0 Å². The summed E-state index contributed by atoms with van der Waals surface area (Å²) in [6, 6.07) is 10.7. The molecule has 0 aliphatic heterocycles. The van der Waals surface area contributed by atoms with Gasteiger partial charge in [0.1, 0.15) is 11.3 Å². The average Bonchev–Trinajstić information content (AvgIpc) is 2.91. The fourth-order valence-corrected chi connectivity index (χ4v) is 3.65. The van der Waals surface area contributed by atoms with E-state index in [4.69, 9.17) is 16.3 Å². The molecule has 0 radical (unpaired) electrons. The third-order valence-corrected chi connectivity index (χ3v) is 4.86. The summed E-state index contributed by atoms with van der Waals surface area (Å²) in [6.45, 7) is 0. The van der Waals surface area contributed by atoms with Crippen molar-refractivity contribution in [2.75, 3.05) is 12.4 Å². The number of fused-ring (bicyclic) bond motifs is 1. The second-order valence-corrected chi connectivity index (χ2v) is 6.70. The normalized spacial score (nSPS) is 10.7. The predicted octanol–water partition coefficient (Wildman–Crippen LogP) is 4.97. The molecule has 0 unspecified atom stereocenters. The van der Waals surface area contributed by atoms with Crippen molar-refractivity contribution in [1.82, 2.24) is 4.98 Å². The van der Waals surface area contributed by atoms with Gasteiger partial charge in [-0.05, 0) is 46.3 Å². The summed E-state index contributed by atoms with van der Waals surface area (Å²) in [7, 11) is 1.57. The number of thiazole rings is 1. The number of carbonyl (C=O) groups is 1. The van der Waals surface area contributed by atoms with Crippen LogP contribution in [0.5, 0.6) is 5.75 Å². The molecule has 0 bridgehead atoms. The lowest BCUT2D eigenvalue weighted by Gasteiger charge is -2.05. The molecule has 1 amide bonds. The van der Waals surface area contributed by atoms with Gasteiger partial charge in [-0.25, -0.2) is 4.98 Å². The largest absolute Gasteiger partial charge is 0.496 e. The monoisotopic (exact) mass is 396 g/mol. The molecule has 0 spiro atoms. The molecule has 2 aromatic carbocycles. The minimum atomic E-state index is -0.237. The van der Waals surface area contributed by atoms with E-state index in [1.165, 1.54) is 11.3 Å². The summed E-state index contributed by atoms with van der Waals surface area (Å²) in [6.07, 6.45) is 0. The third kappa shape index (κ3) is 2.95. The minimum absolute atomic E-state index is 0.237. The van der Waals surface area contributed by atoms with Crippen LogP contribution in [0.1, 0.15) is 10.4 Å². The van der Waals surface area contributed by atoms with Crippen LogP contribution in [0, 0.1) is 0 Å². The Hall–Kier alpha value is -1.63. The van der Waals surface area contributed by atoms with Crippen molar-refractivity contribution < 1.29 is 9.53 Å². The van der Waals surface area contributed by atoms with Crippen LogP contribution in [0.15, 0.2) is 40.9 Å². The summed E-state index contributed by atoms with van der Waals surface area (Å²) in [5, 5.41) is 3.87. The van der Waals surface area contributed by atoms with E-state index in [9.17, 15) is 4.79 Å². The molecule has 1 aromatic heterocycles. The Morgan fingerprint density at radius 2 is 2.18 bits per heavy atom. The quantitative estimate of drug-likeness (QED) is 0.678. The molecule has 3 aromatic rings. The number of ether oxygens (including phenoxy) is 1. The number of benzene rings is 2. The van der Waals surface area contributed by atoms with Crippen molar-refractivity contribution in [3.05, 3.63) is 51.5 Å². The number of nitrogens with zero attached hydrogens (tertiary/aromatic N) is 1. The summed E-state index contributed by atoms with van der Waals surface area (Å²) in [5.74, 6) is 0.432. The fourth-order valence-electron chi connectivity index (χ4n) is 1.95. The maximum absolute atomic E-state index is 12.3. The zero-order valence-electron chi connectivity index (χ0n) is 11.4. The predicted molar refractivity (Wildman–Crippen MR) is 93.3 cm³/mol. The van der Waals surface area contributed by atoms with Gasteiger partial charge in [-0.3, -0.25) is 10.1 Å². The molecule has 0 saturated heterocycles. The molecule has 0 aliphatic carbocycles. The van der Waals surface area contributed by atoms with Gasteiger partial charge in [-0.1, -0.05) is 29.0 Å². The van der Waals surface area contributed by atoms with Crippen LogP contribution in [0.25, 0.3) is 10.2 Å². The van der Waals surface area contributed by atoms with Crippen LogP contribution >= 0.6 is 38.9 Å². The second kappa shape index (κ2) is 6.24. The highest BCUT2D eigenvalue weighted by molar-refractivity contribution is 9.10. The van der Waals surface area contributed by atoms with Crippen LogP contribution in [0.2, 0.25) is 5.02 Å². The third-order valence-electron chi connectivity index (χ3n) is 3.00. The first-order chi connectivity index (χ1) is 10.6. The highest BCUT2D eigenvalue weighted by Crippen LogP contribution is 2.31. The number of halogens is 2. The van der Waals surface area contributed by atoms with Crippen LogP contribution in [-0.4, -0.2) is 18.0 Å². The molecule has 0 fully saturated rings. The standard InChI is InChI=1S/C15H10BrClN2O2S/c1-21-11-6-5-8(7-9(11)16)14(20)19-15-18-13-10(17)3-2-4-12(13)22-15/h2-7H,1H3,(H,18,19,20). The summed E-state index contributed by atoms with van der Waals surface area (Å²) in [4.78, 5) is 16.6. The van der Waals surface area contributed by atoms with Gasteiger partial charge in [0.05, 0.1) is 21.3 Å². The zero-order chi connectivity index (χ0) is 15.7. The Kier molecular flexibility index (Phi) is 4.33. The molecule has 112 valence electrons. The van der Waals surface area contributed by atoms with Gasteiger partial charge in [0.15, 0.2) is 5.13 Å². The first kappa shape index (κ1) is 15.3. The Morgan fingerprint density at radius 1 is 1.36 bits per heavy atom. The van der Waals surface area contributed by atoms with Crippen LogP contribution in [0.3, 0.4) is 0 Å². The van der Waals surface area contributed by atoms with Crippen molar-refractivity contribution in [3.8, 4) is 5.75 Å². The zero-order valence-corrected chi connectivity index (χ0v) is 14.6. The first-order valence-electron chi connectivity index (χ1n) is 6.28. The van der Waals surface area contributed by atoms with E-state index in [1.54, 1.807) is 31.4 Å². The molecule has 4 nitrogen and oxygen atoms in total. The highest BCUT2D eigenvalue weighted by Gasteiger charge is 2.12. The molecule has 0 saturated carbocycles. The molecule has 3 rings (SSSR count). The fraction of sp³-hybridized carbons (Fsp3) is 0.0667. The number of carbonyl (C=O) groups excluding carboxylic acids is 1. The van der Waals surface area contributed by atoms with Gasteiger partial charge in [0.2, 0.25) is 0 Å². The summed E-state index contributed by atoms with van der Waals surface area (Å²) in [5.41, 5.74) is 1.21. The van der Waals surface area contributed by atoms with E-state index in [1.807, 2.05) is 12.1 Å². The van der Waals surface area contributed by atoms with E-state index >= 15 is 0 Å². The van der Waals surface area contributed by atoms with Gasteiger partial charge in [-0.15, -0.1) is 0 Å². The number of para-hydroxylation sites is 1. The van der Waals surface area contributed by atoms with Crippen LogP contribution in [0.4, 0.5) is 5.13 Å². The van der Waals surface area contributed by atoms with Gasteiger partial charge in [-0.2, -0.15) is 0 Å². The smallest absolute Gasteiger partial charge is 0.257 e. The lowest BCUT2D eigenvalue weighted by molar-refractivity contribution is 0.102. The maximum Gasteiger partial charge on any atom is 0.257 e.